The third-order valence-corrected chi connectivity index (χ3v) is 6.49. The van der Waals surface area contributed by atoms with Gasteiger partial charge in [0.15, 0.2) is 0 Å². The van der Waals surface area contributed by atoms with Gasteiger partial charge in [0, 0.05) is 24.7 Å². The third kappa shape index (κ3) is 5.51. The number of carbonyl (C=O) groups is 2. The molecule has 1 N–H and O–H groups in total. The number of nitrogens with one attached hydrogen (secondary N) is 1. The number of benzene rings is 3. The Balaban J connectivity index is 1.39. The van der Waals surface area contributed by atoms with E-state index in [0.29, 0.717) is 24.6 Å². The van der Waals surface area contributed by atoms with Crippen LogP contribution in [0.3, 0.4) is 0 Å². The highest BCUT2D eigenvalue weighted by atomic mass is 16.2. The minimum absolute atomic E-state index is 0.0402. The fourth-order valence-corrected chi connectivity index (χ4v) is 4.48. The lowest BCUT2D eigenvalue weighted by Crippen LogP contribution is -2.47. The summed E-state index contributed by atoms with van der Waals surface area (Å²) in [5.74, 6) is 0.223. The van der Waals surface area contributed by atoms with Crippen molar-refractivity contribution < 1.29 is 9.59 Å². The molecule has 170 valence electrons. The van der Waals surface area contributed by atoms with Crippen LogP contribution in [0.1, 0.15) is 65.6 Å². The smallest absolute Gasteiger partial charge is 0.251 e. The van der Waals surface area contributed by atoms with Gasteiger partial charge in [-0.1, -0.05) is 86.6 Å². The van der Waals surface area contributed by atoms with Crippen LogP contribution < -0.4 is 5.32 Å². The first-order valence-corrected chi connectivity index (χ1v) is 11.8. The highest BCUT2D eigenvalue weighted by molar-refractivity contribution is 5.94. The molecule has 2 amide bonds. The standard InChI is InChI=1S/C29H32N2O2/c1-21(2)22-13-15-25(16-14-22)28(32)30-26-17-19-31(20-18-26)29(33)27(23-9-5-3-6-10-23)24-11-7-4-8-12-24/h3-16,21,26-27H,17-20H2,1-2H3,(H,30,32). The Bertz CT molecular complexity index is 1010. The molecule has 1 aliphatic rings. The number of piperidine rings is 1. The number of hydrogen-bond acceptors (Lipinski definition) is 2. The van der Waals surface area contributed by atoms with Gasteiger partial charge in [-0.3, -0.25) is 9.59 Å². The van der Waals surface area contributed by atoms with Gasteiger partial charge in [-0.2, -0.15) is 0 Å². The van der Waals surface area contributed by atoms with E-state index >= 15 is 0 Å². The van der Waals surface area contributed by atoms with Crippen molar-refractivity contribution in [3.8, 4) is 0 Å². The van der Waals surface area contributed by atoms with E-state index in [1.807, 2.05) is 89.8 Å². The fraction of sp³-hybridized carbons (Fsp3) is 0.310. The molecule has 1 saturated heterocycles. The van der Waals surface area contributed by atoms with Gasteiger partial charge in [0.05, 0.1) is 5.92 Å². The Morgan fingerprint density at radius 2 is 1.27 bits per heavy atom. The minimum atomic E-state index is -0.307. The Morgan fingerprint density at radius 3 is 1.76 bits per heavy atom. The van der Waals surface area contributed by atoms with Crippen LogP contribution in [0.25, 0.3) is 0 Å². The first-order chi connectivity index (χ1) is 16.0. The summed E-state index contributed by atoms with van der Waals surface area (Å²) in [4.78, 5) is 28.2. The van der Waals surface area contributed by atoms with E-state index in [1.165, 1.54) is 5.56 Å². The summed E-state index contributed by atoms with van der Waals surface area (Å²) in [5.41, 5.74) is 3.93. The summed E-state index contributed by atoms with van der Waals surface area (Å²) in [5, 5.41) is 3.16. The lowest BCUT2D eigenvalue weighted by molar-refractivity contribution is -0.132. The maximum atomic E-state index is 13.6. The molecule has 1 heterocycles. The molecule has 0 spiro atoms. The molecule has 0 radical (unpaired) electrons. The highest BCUT2D eigenvalue weighted by Gasteiger charge is 2.30. The van der Waals surface area contributed by atoms with E-state index in [1.54, 1.807) is 0 Å². The first kappa shape index (κ1) is 22.8. The largest absolute Gasteiger partial charge is 0.349 e. The van der Waals surface area contributed by atoms with Crippen molar-refractivity contribution in [1.29, 1.82) is 0 Å². The zero-order chi connectivity index (χ0) is 23.2. The molecule has 4 rings (SSSR count). The zero-order valence-corrected chi connectivity index (χ0v) is 19.4. The minimum Gasteiger partial charge on any atom is -0.349 e. The second-order valence-electron chi connectivity index (χ2n) is 9.10. The number of amides is 2. The number of hydrogen-bond donors (Lipinski definition) is 1. The zero-order valence-electron chi connectivity index (χ0n) is 19.4. The number of rotatable bonds is 6. The molecule has 33 heavy (non-hydrogen) atoms. The van der Waals surface area contributed by atoms with Gasteiger partial charge >= 0.3 is 0 Å². The normalized spacial score (nSPS) is 14.5. The predicted molar refractivity (Wildman–Crippen MR) is 132 cm³/mol. The van der Waals surface area contributed by atoms with Gasteiger partial charge in [-0.25, -0.2) is 0 Å². The van der Waals surface area contributed by atoms with Gasteiger partial charge in [-0.15, -0.1) is 0 Å². The van der Waals surface area contributed by atoms with Crippen molar-refractivity contribution in [2.45, 2.75) is 44.6 Å². The Kier molecular flexibility index (Phi) is 7.23. The fourth-order valence-electron chi connectivity index (χ4n) is 4.48. The van der Waals surface area contributed by atoms with E-state index in [4.69, 9.17) is 0 Å². The Morgan fingerprint density at radius 1 is 0.758 bits per heavy atom. The quantitative estimate of drug-likeness (QED) is 0.561. The summed E-state index contributed by atoms with van der Waals surface area (Å²) in [6.45, 7) is 5.58. The number of nitrogens with zero attached hydrogens (tertiary/aromatic N) is 1. The molecule has 0 bridgehead atoms. The summed E-state index contributed by atoms with van der Waals surface area (Å²) in [6.07, 6.45) is 1.52. The molecule has 1 fully saturated rings. The highest BCUT2D eigenvalue weighted by Crippen LogP contribution is 2.28. The van der Waals surface area contributed by atoms with Crippen molar-refractivity contribution in [3.05, 3.63) is 107 Å². The lowest BCUT2D eigenvalue weighted by Gasteiger charge is -2.35. The van der Waals surface area contributed by atoms with Crippen LogP contribution in [0.4, 0.5) is 0 Å². The second kappa shape index (κ2) is 10.5. The molecule has 0 saturated carbocycles. The van der Waals surface area contributed by atoms with Gasteiger partial charge in [0.25, 0.3) is 5.91 Å². The molecular weight excluding hydrogens is 408 g/mol. The molecule has 0 unspecified atom stereocenters. The van der Waals surface area contributed by atoms with Crippen LogP contribution in [0.15, 0.2) is 84.9 Å². The molecule has 0 atom stereocenters. The summed E-state index contributed by atoms with van der Waals surface area (Å²) < 4.78 is 0. The van der Waals surface area contributed by atoms with Crippen LogP contribution in [-0.2, 0) is 4.79 Å². The molecule has 4 nitrogen and oxygen atoms in total. The summed E-state index contributed by atoms with van der Waals surface area (Å²) in [6, 6.07) is 27.9. The first-order valence-electron chi connectivity index (χ1n) is 11.8. The van der Waals surface area contributed by atoms with E-state index in [-0.39, 0.29) is 23.8 Å². The molecular formula is C29H32N2O2. The van der Waals surface area contributed by atoms with E-state index < -0.39 is 0 Å². The SMILES string of the molecule is CC(C)c1ccc(C(=O)NC2CCN(C(=O)C(c3ccccc3)c3ccccc3)CC2)cc1. The third-order valence-electron chi connectivity index (χ3n) is 6.49. The van der Waals surface area contributed by atoms with Crippen LogP contribution in [-0.4, -0.2) is 35.8 Å². The Labute approximate surface area is 196 Å². The van der Waals surface area contributed by atoms with Gasteiger partial charge in [0.1, 0.15) is 0 Å². The van der Waals surface area contributed by atoms with Crippen molar-refractivity contribution in [1.82, 2.24) is 10.2 Å². The van der Waals surface area contributed by atoms with Crippen molar-refractivity contribution in [3.63, 3.8) is 0 Å². The van der Waals surface area contributed by atoms with E-state index in [2.05, 4.69) is 19.2 Å². The monoisotopic (exact) mass is 440 g/mol. The number of likely N-dealkylation sites (tertiary alicyclic amines) is 1. The molecule has 1 aliphatic heterocycles. The number of carbonyl (C=O) groups excluding carboxylic acids is 2. The summed E-state index contributed by atoms with van der Waals surface area (Å²) >= 11 is 0. The second-order valence-corrected chi connectivity index (χ2v) is 9.10. The van der Waals surface area contributed by atoms with Gasteiger partial charge in [0.2, 0.25) is 5.91 Å². The molecule has 0 aliphatic carbocycles. The maximum absolute atomic E-state index is 13.6. The average Bonchev–Trinajstić information content (AvgIpc) is 2.86. The Hall–Kier alpha value is -3.40. The molecule has 3 aromatic rings. The van der Waals surface area contributed by atoms with Crippen molar-refractivity contribution in [2.24, 2.45) is 0 Å². The van der Waals surface area contributed by atoms with E-state index in [0.717, 1.165) is 24.0 Å². The molecule has 4 heteroatoms. The van der Waals surface area contributed by atoms with Crippen LogP contribution >= 0.6 is 0 Å². The van der Waals surface area contributed by atoms with Gasteiger partial charge < -0.3 is 10.2 Å². The average molecular weight is 441 g/mol. The van der Waals surface area contributed by atoms with Crippen molar-refractivity contribution >= 4 is 11.8 Å². The van der Waals surface area contributed by atoms with Crippen molar-refractivity contribution in [2.75, 3.05) is 13.1 Å². The topological polar surface area (TPSA) is 49.4 Å². The summed E-state index contributed by atoms with van der Waals surface area (Å²) in [7, 11) is 0. The van der Waals surface area contributed by atoms with Crippen LogP contribution in [0, 0.1) is 0 Å². The van der Waals surface area contributed by atoms with Gasteiger partial charge in [-0.05, 0) is 47.6 Å². The maximum Gasteiger partial charge on any atom is 0.251 e. The van der Waals surface area contributed by atoms with Crippen LogP contribution in [0.2, 0.25) is 0 Å². The van der Waals surface area contributed by atoms with Crippen LogP contribution in [0.5, 0.6) is 0 Å². The molecule has 0 aromatic heterocycles. The lowest BCUT2D eigenvalue weighted by atomic mass is 9.89. The van der Waals surface area contributed by atoms with E-state index in [9.17, 15) is 9.59 Å². The predicted octanol–water partition coefficient (Wildman–Crippen LogP) is 5.36. The molecule has 3 aromatic carbocycles.